The smallest absolute Gasteiger partial charge is 0.235 e. The summed E-state index contributed by atoms with van der Waals surface area (Å²) in [7, 11) is 0. The summed E-state index contributed by atoms with van der Waals surface area (Å²) in [6.45, 7) is 3.47. The minimum atomic E-state index is -1.08. The van der Waals surface area contributed by atoms with E-state index in [1.54, 1.807) is 55.1 Å². The Hall–Kier alpha value is -4.93. The molecule has 1 aromatic carbocycles. The molecule has 194 valence electrons. The Kier molecular flexibility index (Phi) is 5.71. The molecule has 4 aromatic heterocycles. The first-order valence-electron chi connectivity index (χ1n) is 12.1. The van der Waals surface area contributed by atoms with Gasteiger partial charge in [-0.15, -0.1) is 0 Å². The van der Waals surface area contributed by atoms with Gasteiger partial charge >= 0.3 is 0 Å². The lowest BCUT2D eigenvalue weighted by Crippen LogP contribution is -2.29. The lowest BCUT2D eigenvalue weighted by molar-refractivity contribution is -0.119. The molecule has 5 aromatic rings. The number of pyridine rings is 2. The molecular weight excluding hydrogens is 504 g/mol. The van der Waals surface area contributed by atoms with Crippen LogP contribution in [0, 0.1) is 11.6 Å². The van der Waals surface area contributed by atoms with Crippen LogP contribution in [0.1, 0.15) is 41.0 Å². The second-order valence-electron chi connectivity index (χ2n) is 9.78. The molecule has 0 spiro atoms. The van der Waals surface area contributed by atoms with E-state index >= 15 is 0 Å². The molecule has 6 rings (SSSR count). The van der Waals surface area contributed by atoms with Crippen molar-refractivity contribution < 1.29 is 18.4 Å². The molecule has 0 radical (unpaired) electrons. The van der Waals surface area contributed by atoms with E-state index in [-0.39, 0.29) is 42.0 Å². The first-order chi connectivity index (χ1) is 18.7. The number of hydrogen-bond donors (Lipinski definition) is 1. The van der Waals surface area contributed by atoms with Crippen LogP contribution in [-0.4, -0.2) is 41.4 Å². The van der Waals surface area contributed by atoms with Crippen molar-refractivity contribution in [2.75, 3.05) is 5.32 Å². The molecule has 0 unspecified atom stereocenters. The second kappa shape index (κ2) is 9.12. The summed E-state index contributed by atoms with van der Waals surface area (Å²) in [5.74, 6) is -1.40. The standard InChI is InChI=1S/C28H21F2N7O2/c1-28(2)21-23(20(38)11-15-10-17(29)13-31-12-15)33-25(34-24(21)35-27(28)39)22-18-7-5-9-32-26(18)37(36-22)14-16-6-3-4-8-19(16)30/h3-10,12-13H,11,14H2,1-2H3,(H,33,34,35,39). The predicted octanol–water partition coefficient (Wildman–Crippen LogP) is 4.26. The van der Waals surface area contributed by atoms with E-state index in [2.05, 4.69) is 30.4 Å². The number of halogens is 2. The van der Waals surface area contributed by atoms with E-state index in [1.165, 1.54) is 18.3 Å². The molecule has 1 aliphatic rings. The fraction of sp³-hybridized carbons (Fsp3) is 0.179. The number of Topliss-reactive ketones (excluding diaryl/α,β-unsaturated/α-hetero) is 1. The highest BCUT2D eigenvalue weighted by Gasteiger charge is 2.44. The van der Waals surface area contributed by atoms with Crippen molar-refractivity contribution in [3.63, 3.8) is 0 Å². The SMILES string of the molecule is CC1(C)C(=O)Nc2nc(-c3nn(Cc4ccccc4F)c4ncccc34)nc(C(=O)Cc3cncc(F)c3)c21. The summed E-state index contributed by atoms with van der Waals surface area (Å²) >= 11 is 0. The van der Waals surface area contributed by atoms with Gasteiger partial charge < -0.3 is 5.32 Å². The van der Waals surface area contributed by atoms with Crippen LogP contribution in [0.3, 0.4) is 0 Å². The van der Waals surface area contributed by atoms with E-state index in [9.17, 15) is 18.4 Å². The molecule has 1 aliphatic heterocycles. The lowest BCUT2D eigenvalue weighted by atomic mass is 9.84. The van der Waals surface area contributed by atoms with Crippen LogP contribution in [0.15, 0.2) is 61.1 Å². The molecule has 0 fully saturated rings. The van der Waals surface area contributed by atoms with Crippen LogP contribution in [0.25, 0.3) is 22.6 Å². The summed E-state index contributed by atoms with van der Waals surface area (Å²) in [5, 5.41) is 7.99. The van der Waals surface area contributed by atoms with Crippen molar-refractivity contribution in [3.05, 3.63) is 95.1 Å². The van der Waals surface area contributed by atoms with Crippen molar-refractivity contribution in [3.8, 4) is 11.5 Å². The third-order valence-corrected chi connectivity index (χ3v) is 6.72. The second-order valence-corrected chi connectivity index (χ2v) is 9.78. The van der Waals surface area contributed by atoms with Gasteiger partial charge in [0.25, 0.3) is 0 Å². The normalized spacial score (nSPS) is 13.9. The zero-order valence-corrected chi connectivity index (χ0v) is 20.9. The van der Waals surface area contributed by atoms with Gasteiger partial charge in [-0.2, -0.15) is 5.10 Å². The highest BCUT2D eigenvalue weighted by atomic mass is 19.1. The average molecular weight is 526 g/mol. The van der Waals surface area contributed by atoms with Crippen molar-refractivity contribution in [1.82, 2.24) is 29.7 Å². The summed E-state index contributed by atoms with van der Waals surface area (Å²) in [6.07, 6.45) is 3.88. The van der Waals surface area contributed by atoms with Crippen molar-refractivity contribution >= 4 is 28.5 Å². The Labute approximate surface area is 221 Å². The number of benzene rings is 1. The molecule has 1 N–H and O–H groups in total. The Bertz CT molecular complexity index is 1800. The molecule has 1 amide bonds. The largest absolute Gasteiger partial charge is 0.310 e. The van der Waals surface area contributed by atoms with Gasteiger partial charge in [0.05, 0.1) is 23.5 Å². The van der Waals surface area contributed by atoms with Gasteiger partial charge in [0.2, 0.25) is 5.91 Å². The number of rotatable bonds is 6. The fourth-order valence-electron chi connectivity index (χ4n) is 4.72. The number of carbonyl (C=O) groups is 2. The lowest BCUT2D eigenvalue weighted by Gasteiger charge is -2.17. The minimum Gasteiger partial charge on any atom is -0.310 e. The molecule has 11 heteroatoms. The van der Waals surface area contributed by atoms with Gasteiger partial charge in [0.15, 0.2) is 17.3 Å². The number of nitrogens with zero attached hydrogens (tertiary/aromatic N) is 6. The number of hydrogen-bond acceptors (Lipinski definition) is 7. The van der Waals surface area contributed by atoms with Crippen molar-refractivity contribution in [2.45, 2.75) is 32.2 Å². The zero-order valence-electron chi connectivity index (χ0n) is 20.9. The van der Waals surface area contributed by atoms with E-state index in [0.29, 0.717) is 33.4 Å². The molecule has 5 heterocycles. The van der Waals surface area contributed by atoms with Gasteiger partial charge in [0, 0.05) is 29.9 Å². The zero-order chi connectivity index (χ0) is 27.3. The Morgan fingerprint density at radius 3 is 2.69 bits per heavy atom. The highest BCUT2D eigenvalue weighted by molar-refractivity contribution is 6.10. The topological polar surface area (TPSA) is 116 Å². The quantitative estimate of drug-likeness (QED) is 0.329. The first kappa shape index (κ1) is 24.4. The summed E-state index contributed by atoms with van der Waals surface area (Å²) in [5.41, 5.74) is 0.894. The van der Waals surface area contributed by atoms with Gasteiger partial charge in [-0.25, -0.2) is 28.4 Å². The third kappa shape index (κ3) is 4.21. The van der Waals surface area contributed by atoms with Crippen LogP contribution >= 0.6 is 0 Å². The van der Waals surface area contributed by atoms with Crippen LogP contribution in [-0.2, 0) is 23.2 Å². The van der Waals surface area contributed by atoms with Crippen LogP contribution < -0.4 is 5.32 Å². The number of carbonyl (C=O) groups excluding carboxylic acids is 2. The maximum absolute atomic E-state index is 14.4. The monoisotopic (exact) mass is 525 g/mol. The van der Waals surface area contributed by atoms with Crippen LogP contribution in [0.2, 0.25) is 0 Å². The summed E-state index contributed by atoms with van der Waals surface area (Å²) < 4.78 is 29.7. The fourth-order valence-corrected chi connectivity index (χ4v) is 4.72. The van der Waals surface area contributed by atoms with E-state index in [4.69, 9.17) is 0 Å². The Balaban J connectivity index is 1.50. The number of nitrogens with one attached hydrogen (secondary N) is 1. The number of ketones is 1. The van der Waals surface area contributed by atoms with E-state index in [0.717, 1.165) is 6.20 Å². The van der Waals surface area contributed by atoms with Gasteiger partial charge in [-0.3, -0.25) is 14.6 Å². The number of fused-ring (bicyclic) bond motifs is 2. The Morgan fingerprint density at radius 1 is 1.08 bits per heavy atom. The van der Waals surface area contributed by atoms with Gasteiger partial charge in [0.1, 0.15) is 28.8 Å². The van der Waals surface area contributed by atoms with Crippen molar-refractivity contribution in [2.24, 2.45) is 0 Å². The minimum absolute atomic E-state index is 0.0308. The van der Waals surface area contributed by atoms with Crippen LogP contribution in [0.4, 0.5) is 14.6 Å². The summed E-state index contributed by atoms with van der Waals surface area (Å²) in [4.78, 5) is 43.8. The molecule has 0 atom stereocenters. The summed E-state index contributed by atoms with van der Waals surface area (Å²) in [6, 6.07) is 11.1. The molecule has 0 saturated carbocycles. The van der Waals surface area contributed by atoms with E-state index < -0.39 is 17.0 Å². The highest BCUT2D eigenvalue weighted by Crippen LogP contribution is 2.40. The van der Waals surface area contributed by atoms with E-state index in [1.807, 2.05) is 0 Å². The van der Waals surface area contributed by atoms with Gasteiger partial charge in [-0.05, 0) is 43.7 Å². The number of anilines is 1. The predicted molar refractivity (Wildman–Crippen MR) is 138 cm³/mol. The molecular formula is C28H21F2N7O2. The van der Waals surface area contributed by atoms with Crippen LogP contribution in [0.5, 0.6) is 0 Å². The maximum Gasteiger partial charge on any atom is 0.235 e. The van der Waals surface area contributed by atoms with Crippen molar-refractivity contribution in [1.29, 1.82) is 0 Å². The third-order valence-electron chi connectivity index (χ3n) is 6.72. The molecule has 39 heavy (non-hydrogen) atoms. The number of amides is 1. The maximum atomic E-state index is 14.4. The first-order valence-corrected chi connectivity index (χ1v) is 12.1. The van der Waals surface area contributed by atoms with Gasteiger partial charge in [-0.1, -0.05) is 18.2 Å². The molecule has 0 saturated heterocycles. The molecule has 0 aliphatic carbocycles. The Morgan fingerprint density at radius 2 is 1.90 bits per heavy atom. The number of aromatic nitrogens is 6. The molecule has 9 nitrogen and oxygen atoms in total. The average Bonchev–Trinajstić information content (AvgIpc) is 3.38. The molecule has 0 bridgehead atoms.